The highest BCUT2D eigenvalue weighted by Gasteiger charge is 2.33. The zero-order chi connectivity index (χ0) is 25.9. The normalized spacial score (nSPS) is 11.3. The van der Waals surface area contributed by atoms with Crippen LogP contribution < -0.4 is 17.1 Å². The Labute approximate surface area is 198 Å². The van der Waals surface area contributed by atoms with Crippen molar-refractivity contribution < 1.29 is 23.1 Å². The Morgan fingerprint density at radius 2 is 1.71 bits per heavy atom. The predicted octanol–water partition coefficient (Wildman–Crippen LogP) is 4.47. The fourth-order valence-corrected chi connectivity index (χ4v) is 2.82. The van der Waals surface area contributed by atoms with E-state index in [2.05, 4.69) is 36.2 Å². The minimum absolute atomic E-state index is 0.0480. The topological polar surface area (TPSA) is 114 Å². The van der Waals surface area contributed by atoms with Crippen LogP contribution in [-0.4, -0.2) is 16.7 Å². The van der Waals surface area contributed by atoms with Crippen LogP contribution >= 0.6 is 0 Å². The minimum atomic E-state index is -4.67. The number of hydrogen-bond donors (Lipinski definition) is 4. The number of ketones is 1. The monoisotopic (exact) mass is 476 g/mol. The number of rotatable bonds is 5. The van der Waals surface area contributed by atoms with E-state index in [0.717, 1.165) is 12.1 Å². The molecule has 0 aliphatic rings. The summed E-state index contributed by atoms with van der Waals surface area (Å²) < 4.78 is 39.8. The van der Waals surface area contributed by atoms with Gasteiger partial charge in [-0.15, -0.1) is 0 Å². The molecule has 0 saturated carbocycles. The van der Waals surface area contributed by atoms with Gasteiger partial charge >= 0.3 is 6.18 Å². The van der Waals surface area contributed by atoms with Gasteiger partial charge in [0.1, 0.15) is 11.5 Å². The van der Waals surface area contributed by atoms with Crippen molar-refractivity contribution >= 4 is 11.6 Å². The first-order chi connectivity index (χ1) is 16.0. The van der Waals surface area contributed by atoms with Crippen molar-refractivity contribution in [2.45, 2.75) is 53.1 Å². The molecule has 0 saturated heterocycles. The van der Waals surface area contributed by atoms with Crippen molar-refractivity contribution in [3.8, 4) is 17.6 Å². The van der Waals surface area contributed by atoms with Crippen LogP contribution in [-0.2, 0) is 17.4 Å². The molecule has 0 heterocycles. The van der Waals surface area contributed by atoms with Crippen LogP contribution in [0, 0.1) is 17.8 Å². The quantitative estimate of drug-likeness (QED) is 0.167. The van der Waals surface area contributed by atoms with E-state index >= 15 is 0 Å². The van der Waals surface area contributed by atoms with E-state index in [-0.39, 0.29) is 29.5 Å². The first-order valence-corrected chi connectivity index (χ1v) is 10.8. The number of nitrogens with two attached hydrogens (primary N) is 2. The molecule has 0 unspecified atom stereocenters. The highest BCUT2D eigenvalue weighted by molar-refractivity contribution is 5.98. The number of aromatic hydroxyl groups is 1. The number of carbonyl (C=O) groups excluding carboxylic acids is 1. The van der Waals surface area contributed by atoms with Crippen molar-refractivity contribution in [2.75, 3.05) is 0 Å². The zero-order valence-electron chi connectivity index (χ0n) is 19.8. The summed E-state index contributed by atoms with van der Waals surface area (Å²) in [7, 11) is 0. The number of aryl methyl sites for hydroxylation is 1. The molecule has 9 heteroatoms. The lowest BCUT2D eigenvalue weighted by atomic mass is 9.95. The van der Waals surface area contributed by atoms with Gasteiger partial charge in [0.25, 0.3) is 0 Å². The number of halogens is 3. The summed E-state index contributed by atoms with van der Waals surface area (Å²) in [6.07, 6.45) is -2.84. The second-order valence-electron chi connectivity index (χ2n) is 7.80. The zero-order valence-corrected chi connectivity index (χ0v) is 19.8. The summed E-state index contributed by atoms with van der Waals surface area (Å²) >= 11 is 0. The summed E-state index contributed by atoms with van der Waals surface area (Å²) in [5.41, 5.74) is 2.70. The number of nitrogens with zero attached hydrogens (tertiary/aromatic N) is 1. The highest BCUT2D eigenvalue weighted by Crippen LogP contribution is 2.33. The molecule has 0 radical (unpaired) electrons. The fraction of sp³-hybridized carbons (Fsp3) is 0.360. The van der Waals surface area contributed by atoms with E-state index in [1.807, 2.05) is 0 Å². The Balaban J connectivity index is 0.00000182. The Bertz CT molecular complexity index is 1070. The van der Waals surface area contributed by atoms with E-state index in [1.54, 1.807) is 32.0 Å². The van der Waals surface area contributed by atoms with Gasteiger partial charge in [0, 0.05) is 29.0 Å². The van der Waals surface area contributed by atoms with E-state index in [0.29, 0.717) is 29.2 Å². The Hall–Kier alpha value is -3.51. The number of hydrazine groups is 1. The molecule has 2 aromatic rings. The average Bonchev–Trinajstić information content (AvgIpc) is 2.78. The Morgan fingerprint density at radius 1 is 1.12 bits per heavy atom. The second kappa shape index (κ2) is 13.3. The molecule has 0 bridgehead atoms. The van der Waals surface area contributed by atoms with E-state index in [4.69, 9.17) is 11.7 Å². The van der Waals surface area contributed by atoms with E-state index in [1.165, 1.54) is 6.42 Å². The lowest BCUT2D eigenvalue weighted by Gasteiger charge is -2.11. The third kappa shape index (κ3) is 8.45. The molecule has 2 rings (SSSR count). The summed E-state index contributed by atoms with van der Waals surface area (Å²) in [6, 6.07) is 7.79. The molecule has 2 aromatic carbocycles. The van der Waals surface area contributed by atoms with Crippen LogP contribution in [0.15, 0.2) is 41.5 Å². The van der Waals surface area contributed by atoms with Gasteiger partial charge in [0.15, 0.2) is 5.84 Å². The van der Waals surface area contributed by atoms with Gasteiger partial charge in [-0.1, -0.05) is 46.0 Å². The second-order valence-corrected chi connectivity index (χ2v) is 7.80. The van der Waals surface area contributed by atoms with Crippen LogP contribution in [0.5, 0.6) is 5.75 Å². The fourth-order valence-electron chi connectivity index (χ4n) is 2.82. The van der Waals surface area contributed by atoms with Gasteiger partial charge in [-0.2, -0.15) is 18.3 Å². The number of carbonyl (C=O) groups is 1. The number of alkyl halides is 3. The van der Waals surface area contributed by atoms with Gasteiger partial charge < -0.3 is 16.4 Å². The first-order valence-electron chi connectivity index (χ1n) is 10.8. The molecular weight excluding hydrogens is 445 g/mol. The first kappa shape index (κ1) is 28.5. The van der Waals surface area contributed by atoms with Crippen LogP contribution in [0.2, 0.25) is 0 Å². The molecule has 0 spiro atoms. The molecule has 0 amide bonds. The maximum Gasteiger partial charge on any atom is 0.417 e. The largest absolute Gasteiger partial charge is 0.508 e. The standard InChI is InChI=1S/C22H23F3N4O2.C3H8/c1-13(2)20(31)10-8-16-11-17(21(28-26)29-27)6-4-14(16)3-5-15-7-9-18(30)12-19(15)22(23,24)25;1-3-2/h4,6-7,9,11-13,30H,8,10,26-27H2,1-2H3,(H,28,29);3H2,1-2H3. The molecule has 0 aromatic heterocycles. The van der Waals surface area contributed by atoms with Crippen molar-refractivity contribution in [2.24, 2.45) is 22.7 Å². The third-order valence-electron chi connectivity index (χ3n) is 4.57. The molecular formula is C25H31F3N4O2. The van der Waals surface area contributed by atoms with Crippen molar-refractivity contribution in [3.63, 3.8) is 0 Å². The van der Waals surface area contributed by atoms with Crippen molar-refractivity contribution in [3.05, 3.63) is 64.2 Å². The lowest BCUT2D eigenvalue weighted by molar-refractivity contribution is -0.137. The van der Waals surface area contributed by atoms with Crippen LogP contribution in [0.4, 0.5) is 13.2 Å². The van der Waals surface area contributed by atoms with Gasteiger partial charge in [-0.25, -0.2) is 5.84 Å². The molecule has 184 valence electrons. The summed E-state index contributed by atoms with van der Waals surface area (Å²) in [5.74, 6) is 15.6. The Kier molecular flexibility index (Phi) is 11.1. The SMILES string of the molecule is CC(C)C(=O)CCc1cc(/C(=N/N)NN)ccc1C#Cc1ccc(O)cc1C(F)(F)F.CCC. The van der Waals surface area contributed by atoms with Crippen molar-refractivity contribution in [1.82, 2.24) is 5.43 Å². The number of nitrogens with one attached hydrogen (secondary N) is 1. The number of phenolic OH excluding ortho intramolecular Hbond substituents is 1. The number of amidine groups is 1. The van der Waals surface area contributed by atoms with Gasteiger partial charge in [0.2, 0.25) is 0 Å². The molecule has 34 heavy (non-hydrogen) atoms. The number of hydrogen-bond acceptors (Lipinski definition) is 5. The number of phenols is 1. The molecule has 6 N–H and O–H groups in total. The molecule has 0 atom stereocenters. The number of benzene rings is 2. The number of Topliss-reactive ketones (excluding diaryl/α,β-unsaturated/α-hetero) is 1. The van der Waals surface area contributed by atoms with Crippen LogP contribution in [0.1, 0.15) is 68.4 Å². The lowest BCUT2D eigenvalue weighted by Crippen LogP contribution is -2.32. The summed E-state index contributed by atoms with van der Waals surface area (Å²) in [6.45, 7) is 7.83. The highest BCUT2D eigenvalue weighted by atomic mass is 19.4. The van der Waals surface area contributed by atoms with E-state index in [9.17, 15) is 23.1 Å². The van der Waals surface area contributed by atoms with Gasteiger partial charge in [-0.3, -0.25) is 4.79 Å². The van der Waals surface area contributed by atoms with Gasteiger partial charge in [0.05, 0.1) is 5.56 Å². The summed E-state index contributed by atoms with van der Waals surface area (Å²) in [5, 5.41) is 12.9. The molecule has 6 nitrogen and oxygen atoms in total. The smallest absolute Gasteiger partial charge is 0.417 e. The molecule has 0 fully saturated rings. The number of hydrazone groups is 1. The average molecular weight is 477 g/mol. The molecule has 0 aliphatic carbocycles. The summed E-state index contributed by atoms with van der Waals surface area (Å²) in [4.78, 5) is 12.1. The maximum absolute atomic E-state index is 13.3. The van der Waals surface area contributed by atoms with Crippen molar-refractivity contribution in [1.29, 1.82) is 0 Å². The molecule has 0 aliphatic heterocycles. The van der Waals surface area contributed by atoms with Crippen LogP contribution in [0.25, 0.3) is 0 Å². The Morgan fingerprint density at radius 3 is 2.24 bits per heavy atom. The third-order valence-corrected chi connectivity index (χ3v) is 4.57. The minimum Gasteiger partial charge on any atom is -0.508 e. The van der Waals surface area contributed by atoms with Crippen LogP contribution in [0.3, 0.4) is 0 Å². The predicted molar refractivity (Wildman–Crippen MR) is 128 cm³/mol. The van der Waals surface area contributed by atoms with Gasteiger partial charge in [-0.05, 0) is 48.4 Å². The maximum atomic E-state index is 13.3. The van der Waals surface area contributed by atoms with E-state index < -0.39 is 17.5 Å².